The zero-order valence-electron chi connectivity index (χ0n) is 9.07. The number of nitrogens with two attached hydrogens (primary N) is 1. The van der Waals surface area contributed by atoms with Crippen molar-refractivity contribution in [1.29, 1.82) is 5.26 Å². The van der Waals surface area contributed by atoms with Gasteiger partial charge >= 0.3 is 0 Å². The van der Waals surface area contributed by atoms with Crippen molar-refractivity contribution in [2.75, 3.05) is 25.1 Å². The molecule has 0 heterocycles. The first kappa shape index (κ1) is 13.3. The summed E-state index contributed by atoms with van der Waals surface area (Å²) in [6, 6.07) is 7.02. The molecule has 0 unspecified atom stereocenters. The van der Waals surface area contributed by atoms with E-state index < -0.39 is 5.91 Å². The van der Waals surface area contributed by atoms with Crippen molar-refractivity contribution in [3.8, 4) is 6.07 Å². The summed E-state index contributed by atoms with van der Waals surface area (Å²) in [7, 11) is 0. The Morgan fingerprint density at radius 1 is 1.59 bits per heavy atom. The number of hydrogen-bond donors (Lipinski definition) is 2. The summed E-state index contributed by atoms with van der Waals surface area (Å²) in [5.74, 6) is -0.494. The van der Waals surface area contributed by atoms with Crippen LogP contribution in [0.1, 0.15) is 5.56 Å². The molecule has 1 aromatic rings. The molecule has 0 radical (unpaired) electrons. The van der Waals surface area contributed by atoms with Crippen molar-refractivity contribution in [2.45, 2.75) is 0 Å². The van der Waals surface area contributed by atoms with Crippen LogP contribution in [-0.4, -0.2) is 25.7 Å². The van der Waals surface area contributed by atoms with Gasteiger partial charge in [0.15, 0.2) is 0 Å². The summed E-state index contributed by atoms with van der Waals surface area (Å²) >= 11 is 5.86. The van der Waals surface area contributed by atoms with E-state index in [0.29, 0.717) is 23.7 Å². The molecule has 0 spiro atoms. The SMILES string of the molecule is N#Cc1ccc(NCCOCC(N)=O)cc1Cl. The number of ether oxygens (including phenoxy) is 1. The van der Waals surface area contributed by atoms with Crippen molar-refractivity contribution < 1.29 is 9.53 Å². The molecule has 6 heteroatoms. The van der Waals surface area contributed by atoms with E-state index in [9.17, 15) is 4.79 Å². The molecule has 0 atom stereocenters. The highest BCUT2D eigenvalue weighted by atomic mass is 35.5. The topological polar surface area (TPSA) is 88.1 Å². The predicted octanol–water partition coefficient (Wildman–Crippen LogP) is 1.13. The second kappa shape index (κ2) is 6.74. The first-order valence-corrected chi connectivity index (χ1v) is 5.31. The molecule has 1 amide bonds. The number of nitrogens with zero attached hydrogens (tertiary/aromatic N) is 1. The molecule has 5 nitrogen and oxygen atoms in total. The summed E-state index contributed by atoms with van der Waals surface area (Å²) < 4.78 is 4.97. The molecule has 0 aliphatic rings. The summed E-state index contributed by atoms with van der Waals surface area (Å²) in [5.41, 5.74) is 6.13. The van der Waals surface area contributed by atoms with Crippen LogP contribution in [0, 0.1) is 11.3 Å². The van der Waals surface area contributed by atoms with Crippen LogP contribution in [0.3, 0.4) is 0 Å². The lowest BCUT2D eigenvalue weighted by Gasteiger charge is -2.07. The number of primary amides is 1. The maximum absolute atomic E-state index is 10.4. The van der Waals surface area contributed by atoms with Crippen molar-refractivity contribution in [2.24, 2.45) is 5.73 Å². The van der Waals surface area contributed by atoms with E-state index in [1.165, 1.54) is 0 Å². The number of carbonyl (C=O) groups excluding carboxylic acids is 1. The van der Waals surface area contributed by atoms with Crippen LogP contribution >= 0.6 is 11.6 Å². The Hall–Kier alpha value is -1.77. The van der Waals surface area contributed by atoms with Gasteiger partial charge in [0, 0.05) is 12.2 Å². The van der Waals surface area contributed by atoms with Crippen LogP contribution in [0.15, 0.2) is 18.2 Å². The molecule has 1 rings (SSSR count). The van der Waals surface area contributed by atoms with Gasteiger partial charge in [0.25, 0.3) is 0 Å². The molecule has 0 aliphatic carbocycles. The van der Waals surface area contributed by atoms with Crippen molar-refractivity contribution >= 4 is 23.2 Å². The monoisotopic (exact) mass is 253 g/mol. The molecule has 0 aliphatic heterocycles. The number of benzene rings is 1. The molecule has 1 aromatic carbocycles. The van der Waals surface area contributed by atoms with Crippen LogP contribution in [0.25, 0.3) is 0 Å². The Labute approximate surface area is 104 Å². The minimum absolute atomic E-state index is 0.0875. The van der Waals surface area contributed by atoms with Crippen molar-refractivity contribution in [1.82, 2.24) is 0 Å². The zero-order valence-corrected chi connectivity index (χ0v) is 9.83. The minimum Gasteiger partial charge on any atom is -0.383 e. The van der Waals surface area contributed by atoms with E-state index in [-0.39, 0.29) is 6.61 Å². The van der Waals surface area contributed by atoms with E-state index >= 15 is 0 Å². The number of anilines is 1. The van der Waals surface area contributed by atoms with Gasteiger partial charge in [0.1, 0.15) is 12.7 Å². The Morgan fingerprint density at radius 2 is 2.35 bits per heavy atom. The summed E-state index contributed by atoms with van der Waals surface area (Å²) in [5, 5.41) is 12.1. The molecule has 3 N–H and O–H groups in total. The number of rotatable bonds is 6. The average Bonchev–Trinajstić information content (AvgIpc) is 2.28. The molecular weight excluding hydrogens is 242 g/mol. The first-order chi connectivity index (χ1) is 8.13. The van der Waals surface area contributed by atoms with Gasteiger partial charge in [0.05, 0.1) is 17.2 Å². The van der Waals surface area contributed by atoms with E-state index in [1.54, 1.807) is 18.2 Å². The van der Waals surface area contributed by atoms with Crippen LogP contribution in [-0.2, 0) is 9.53 Å². The number of nitrogens with one attached hydrogen (secondary N) is 1. The highest BCUT2D eigenvalue weighted by Gasteiger charge is 2.00. The third-order valence-electron chi connectivity index (χ3n) is 1.91. The van der Waals surface area contributed by atoms with Crippen LogP contribution in [0.4, 0.5) is 5.69 Å². The number of hydrogen-bond acceptors (Lipinski definition) is 4. The molecule has 17 heavy (non-hydrogen) atoms. The second-order valence-electron chi connectivity index (χ2n) is 3.25. The predicted molar refractivity (Wildman–Crippen MR) is 64.7 cm³/mol. The normalized spacial score (nSPS) is 9.65. The summed E-state index contributed by atoms with van der Waals surface area (Å²) in [6.07, 6.45) is 0. The summed E-state index contributed by atoms with van der Waals surface area (Å²) in [4.78, 5) is 10.4. The van der Waals surface area contributed by atoms with Gasteiger partial charge in [-0.05, 0) is 18.2 Å². The number of carbonyl (C=O) groups is 1. The Kier molecular flexibility index (Phi) is 5.27. The Balaban J connectivity index is 2.35. The third kappa shape index (κ3) is 4.72. The third-order valence-corrected chi connectivity index (χ3v) is 2.22. The van der Waals surface area contributed by atoms with Crippen LogP contribution < -0.4 is 11.1 Å². The number of halogens is 1. The van der Waals surface area contributed by atoms with Gasteiger partial charge in [-0.3, -0.25) is 4.79 Å². The lowest BCUT2D eigenvalue weighted by Crippen LogP contribution is -2.20. The molecule has 0 saturated heterocycles. The maximum atomic E-state index is 10.4. The van der Waals surface area contributed by atoms with Gasteiger partial charge in [-0.15, -0.1) is 0 Å². The van der Waals surface area contributed by atoms with Crippen LogP contribution in [0.5, 0.6) is 0 Å². The molecule has 0 fully saturated rings. The van der Waals surface area contributed by atoms with Crippen molar-refractivity contribution in [3.63, 3.8) is 0 Å². The van der Waals surface area contributed by atoms with Crippen molar-refractivity contribution in [3.05, 3.63) is 28.8 Å². The Morgan fingerprint density at radius 3 is 2.94 bits per heavy atom. The van der Waals surface area contributed by atoms with E-state index in [0.717, 1.165) is 5.69 Å². The zero-order chi connectivity index (χ0) is 12.7. The van der Waals surface area contributed by atoms with Gasteiger partial charge in [-0.25, -0.2) is 0 Å². The molecule has 90 valence electrons. The van der Waals surface area contributed by atoms with Gasteiger partial charge in [0.2, 0.25) is 5.91 Å². The average molecular weight is 254 g/mol. The van der Waals surface area contributed by atoms with Gasteiger partial charge in [-0.2, -0.15) is 5.26 Å². The van der Waals surface area contributed by atoms with Gasteiger partial charge in [-0.1, -0.05) is 11.6 Å². The lowest BCUT2D eigenvalue weighted by molar-refractivity contribution is -0.122. The fraction of sp³-hybridized carbons (Fsp3) is 0.273. The molecule has 0 aromatic heterocycles. The van der Waals surface area contributed by atoms with Gasteiger partial charge < -0.3 is 15.8 Å². The molecule has 0 saturated carbocycles. The number of amides is 1. The molecule has 0 bridgehead atoms. The van der Waals surface area contributed by atoms with E-state index in [1.807, 2.05) is 6.07 Å². The highest BCUT2D eigenvalue weighted by molar-refractivity contribution is 6.32. The Bertz CT molecular complexity index is 443. The molecular formula is C11H12ClN3O2. The van der Waals surface area contributed by atoms with Crippen LogP contribution in [0.2, 0.25) is 5.02 Å². The minimum atomic E-state index is -0.494. The highest BCUT2D eigenvalue weighted by Crippen LogP contribution is 2.19. The smallest absolute Gasteiger partial charge is 0.243 e. The number of nitriles is 1. The standard InChI is InChI=1S/C11H12ClN3O2/c12-10-5-9(2-1-8(10)6-13)15-3-4-17-7-11(14)16/h1-2,5,15H,3-4,7H2,(H2,14,16). The second-order valence-corrected chi connectivity index (χ2v) is 3.66. The van der Waals surface area contributed by atoms with E-state index in [4.69, 9.17) is 27.3 Å². The summed E-state index contributed by atoms with van der Waals surface area (Å²) in [6.45, 7) is 0.797. The largest absolute Gasteiger partial charge is 0.383 e. The van der Waals surface area contributed by atoms with E-state index in [2.05, 4.69) is 5.32 Å². The maximum Gasteiger partial charge on any atom is 0.243 e. The lowest BCUT2D eigenvalue weighted by atomic mass is 10.2. The first-order valence-electron chi connectivity index (χ1n) is 4.93. The fourth-order valence-corrected chi connectivity index (χ4v) is 1.38. The fourth-order valence-electron chi connectivity index (χ4n) is 1.16. The quantitative estimate of drug-likeness (QED) is 0.744.